The Morgan fingerprint density at radius 2 is 1.61 bits per heavy atom. The van der Waals surface area contributed by atoms with Gasteiger partial charge in [-0.15, -0.1) is 0 Å². The summed E-state index contributed by atoms with van der Waals surface area (Å²) in [5.74, 6) is 0.204. The van der Waals surface area contributed by atoms with Crippen LogP contribution in [0.5, 0.6) is 11.5 Å². The molecular formula is C34H43N3O6S. The number of sulfonamides is 1. The summed E-state index contributed by atoms with van der Waals surface area (Å²) in [6.45, 7) is 1.71. The molecule has 4 rings (SSSR count). The molecule has 10 heteroatoms. The Bertz CT molecular complexity index is 1490. The molecule has 1 aliphatic carbocycles. The van der Waals surface area contributed by atoms with Crippen LogP contribution in [0.15, 0.2) is 78.9 Å². The number of nitrogens with zero attached hydrogens (tertiary/aromatic N) is 2. The SMILES string of the molecule is CCOc1ccccc1N(CC(=O)N(Cc1cccc(OC)c1)C(Cc1ccccc1)C(=O)NC1CCCCC1)S(C)(=O)=O. The Morgan fingerprint density at radius 3 is 2.30 bits per heavy atom. The van der Waals surface area contributed by atoms with Gasteiger partial charge in [0.1, 0.15) is 24.1 Å². The van der Waals surface area contributed by atoms with Crippen molar-refractivity contribution in [2.75, 3.05) is 30.8 Å². The minimum absolute atomic E-state index is 0.0360. The third kappa shape index (κ3) is 8.98. The molecule has 1 N–H and O–H groups in total. The molecular weight excluding hydrogens is 578 g/mol. The number of methoxy groups -OCH3 is 1. The molecule has 2 amide bonds. The zero-order valence-electron chi connectivity index (χ0n) is 25.8. The maximum Gasteiger partial charge on any atom is 0.244 e. The van der Waals surface area contributed by atoms with Crippen molar-refractivity contribution < 1.29 is 27.5 Å². The van der Waals surface area contributed by atoms with Crippen molar-refractivity contribution in [2.24, 2.45) is 0 Å². The summed E-state index contributed by atoms with van der Waals surface area (Å²) in [7, 11) is -2.35. The molecule has 9 nitrogen and oxygen atoms in total. The molecule has 44 heavy (non-hydrogen) atoms. The summed E-state index contributed by atoms with van der Waals surface area (Å²) >= 11 is 0. The van der Waals surface area contributed by atoms with E-state index in [4.69, 9.17) is 9.47 Å². The van der Waals surface area contributed by atoms with Gasteiger partial charge in [-0.25, -0.2) is 8.42 Å². The fourth-order valence-electron chi connectivity index (χ4n) is 5.60. The van der Waals surface area contributed by atoms with Gasteiger partial charge < -0.3 is 19.7 Å². The number of anilines is 1. The fourth-order valence-corrected chi connectivity index (χ4v) is 6.45. The first-order chi connectivity index (χ1) is 21.2. The second kappa shape index (κ2) is 15.6. The van der Waals surface area contributed by atoms with E-state index in [2.05, 4.69) is 5.32 Å². The summed E-state index contributed by atoms with van der Waals surface area (Å²) in [6.07, 6.45) is 6.35. The number of ether oxygens (including phenoxy) is 2. The molecule has 0 spiro atoms. The molecule has 1 atom stereocenters. The van der Waals surface area contributed by atoms with E-state index in [1.807, 2.05) is 61.5 Å². The number of carbonyl (C=O) groups excluding carboxylic acids is 2. The van der Waals surface area contributed by atoms with Crippen molar-refractivity contribution in [1.82, 2.24) is 10.2 Å². The van der Waals surface area contributed by atoms with E-state index in [9.17, 15) is 18.0 Å². The van der Waals surface area contributed by atoms with Crippen molar-refractivity contribution in [3.05, 3.63) is 90.0 Å². The van der Waals surface area contributed by atoms with E-state index in [1.165, 1.54) is 4.90 Å². The lowest BCUT2D eigenvalue weighted by atomic mass is 9.94. The van der Waals surface area contributed by atoms with E-state index < -0.39 is 28.5 Å². The normalized spacial score (nSPS) is 14.3. The largest absolute Gasteiger partial charge is 0.497 e. The van der Waals surface area contributed by atoms with Gasteiger partial charge in [-0.05, 0) is 55.2 Å². The Hall–Kier alpha value is -4.05. The Balaban J connectivity index is 1.75. The van der Waals surface area contributed by atoms with Crippen LogP contribution in [0, 0.1) is 0 Å². The van der Waals surface area contributed by atoms with Gasteiger partial charge in [0.2, 0.25) is 21.8 Å². The number of carbonyl (C=O) groups is 2. The van der Waals surface area contributed by atoms with Crippen LogP contribution in [0.2, 0.25) is 0 Å². The maximum absolute atomic E-state index is 14.4. The highest BCUT2D eigenvalue weighted by atomic mass is 32.2. The molecule has 3 aromatic carbocycles. The predicted octanol–water partition coefficient (Wildman–Crippen LogP) is 4.95. The summed E-state index contributed by atoms with van der Waals surface area (Å²) in [5, 5.41) is 3.21. The van der Waals surface area contributed by atoms with Crippen molar-refractivity contribution in [1.29, 1.82) is 0 Å². The summed E-state index contributed by atoms with van der Waals surface area (Å²) in [6, 6.07) is 22.7. The molecule has 236 valence electrons. The van der Waals surface area contributed by atoms with Gasteiger partial charge in [0.05, 0.1) is 25.7 Å². The highest BCUT2D eigenvalue weighted by molar-refractivity contribution is 7.92. The van der Waals surface area contributed by atoms with Gasteiger partial charge >= 0.3 is 0 Å². The van der Waals surface area contributed by atoms with E-state index in [0.717, 1.165) is 53.8 Å². The smallest absolute Gasteiger partial charge is 0.244 e. The standard InChI is InChI=1S/C34H43N3O6S/c1-4-43-32-21-12-11-20-30(32)37(44(3,40)41)25-33(38)36(24-27-16-13-19-29(22-27)42-2)31(23-26-14-7-5-8-15-26)34(39)35-28-17-9-6-10-18-28/h5,7-8,11-16,19-22,28,31H,4,6,9-10,17-18,23-25H2,1-3H3,(H,35,39). The molecule has 0 heterocycles. The number of amides is 2. The first kappa shape index (κ1) is 32.9. The average Bonchev–Trinajstić information content (AvgIpc) is 3.02. The van der Waals surface area contributed by atoms with Crippen LogP contribution >= 0.6 is 0 Å². The number of hydrogen-bond donors (Lipinski definition) is 1. The molecule has 0 radical (unpaired) electrons. The summed E-state index contributed by atoms with van der Waals surface area (Å²) in [5.41, 5.74) is 1.90. The summed E-state index contributed by atoms with van der Waals surface area (Å²) < 4.78 is 38.5. The van der Waals surface area contributed by atoms with Crippen LogP contribution in [0.25, 0.3) is 0 Å². The first-order valence-electron chi connectivity index (χ1n) is 15.2. The third-order valence-corrected chi connectivity index (χ3v) is 8.95. The minimum atomic E-state index is -3.91. The second-order valence-corrected chi connectivity index (χ2v) is 13.0. The van der Waals surface area contributed by atoms with E-state index in [-0.39, 0.29) is 30.6 Å². The molecule has 1 unspecified atom stereocenters. The number of benzene rings is 3. The number of hydrogen-bond acceptors (Lipinski definition) is 6. The zero-order valence-corrected chi connectivity index (χ0v) is 26.6. The van der Waals surface area contributed by atoms with Gasteiger partial charge in [0.25, 0.3) is 0 Å². The van der Waals surface area contributed by atoms with E-state index in [1.54, 1.807) is 31.4 Å². The molecule has 0 bridgehead atoms. The fraction of sp³-hybridized carbons (Fsp3) is 0.412. The molecule has 1 aliphatic rings. The highest BCUT2D eigenvalue weighted by Crippen LogP contribution is 2.30. The van der Waals surface area contributed by atoms with Crippen LogP contribution in [0.1, 0.15) is 50.2 Å². The van der Waals surface area contributed by atoms with Crippen LogP contribution in [0.3, 0.4) is 0 Å². The van der Waals surface area contributed by atoms with Crippen LogP contribution < -0.4 is 19.1 Å². The van der Waals surface area contributed by atoms with Crippen molar-refractivity contribution in [3.63, 3.8) is 0 Å². The molecule has 0 aliphatic heterocycles. The zero-order chi connectivity index (χ0) is 31.5. The minimum Gasteiger partial charge on any atom is -0.497 e. The predicted molar refractivity (Wildman–Crippen MR) is 172 cm³/mol. The highest BCUT2D eigenvalue weighted by Gasteiger charge is 2.34. The molecule has 1 fully saturated rings. The van der Waals surface area contributed by atoms with Gasteiger partial charge in [0, 0.05) is 19.0 Å². The van der Waals surface area contributed by atoms with Gasteiger partial charge in [0.15, 0.2) is 0 Å². The Labute approximate surface area is 261 Å². The molecule has 1 saturated carbocycles. The van der Waals surface area contributed by atoms with E-state index >= 15 is 0 Å². The van der Waals surface area contributed by atoms with Crippen LogP contribution in [-0.2, 0) is 32.6 Å². The lowest BCUT2D eigenvalue weighted by molar-refractivity contribution is -0.140. The average molecular weight is 622 g/mol. The number of nitrogens with one attached hydrogen (secondary N) is 1. The van der Waals surface area contributed by atoms with Crippen molar-refractivity contribution in [2.45, 2.75) is 64.1 Å². The van der Waals surface area contributed by atoms with Crippen molar-refractivity contribution in [3.8, 4) is 11.5 Å². The monoisotopic (exact) mass is 621 g/mol. The topological polar surface area (TPSA) is 105 Å². The Morgan fingerprint density at radius 1 is 0.932 bits per heavy atom. The quantitative estimate of drug-likeness (QED) is 0.273. The summed E-state index contributed by atoms with van der Waals surface area (Å²) in [4.78, 5) is 30.0. The lowest BCUT2D eigenvalue weighted by Crippen LogP contribution is -2.55. The van der Waals surface area contributed by atoms with Gasteiger partial charge in [-0.3, -0.25) is 13.9 Å². The van der Waals surface area contributed by atoms with Crippen LogP contribution in [0.4, 0.5) is 5.69 Å². The number of para-hydroxylation sites is 2. The van der Waals surface area contributed by atoms with Crippen LogP contribution in [-0.4, -0.2) is 63.7 Å². The van der Waals surface area contributed by atoms with E-state index in [0.29, 0.717) is 18.1 Å². The first-order valence-corrected chi connectivity index (χ1v) is 17.0. The molecule has 3 aromatic rings. The maximum atomic E-state index is 14.4. The Kier molecular flexibility index (Phi) is 11.7. The third-order valence-electron chi connectivity index (χ3n) is 7.82. The van der Waals surface area contributed by atoms with Gasteiger partial charge in [-0.2, -0.15) is 0 Å². The lowest BCUT2D eigenvalue weighted by Gasteiger charge is -2.35. The molecule has 0 aromatic heterocycles. The second-order valence-electron chi connectivity index (χ2n) is 11.1. The molecule has 0 saturated heterocycles. The van der Waals surface area contributed by atoms with Crippen molar-refractivity contribution >= 4 is 27.5 Å². The van der Waals surface area contributed by atoms with Gasteiger partial charge in [-0.1, -0.05) is 73.9 Å². The number of rotatable bonds is 14.